The van der Waals surface area contributed by atoms with E-state index in [2.05, 4.69) is 0 Å². The topological polar surface area (TPSA) is 45.8 Å². The van der Waals surface area contributed by atoms with Gasteiger partial charge in [0.05, 0.1) is 12.5 Å². The monoisotopic (exact) mass is 148 g/mol. The average molecular weight is 148 g/mol. The summed E-state index contributed by atoms with van der Waals surface area (Å²) in [6, 6.07) is 6.93. The first-order chi connectivity index (χ1) is 5.34. The van der Waals surface area contributed by atoms with Gasteiger partial charge in [-0.15, -0.1) is 0 Å². The van der Waals surface area contributed by atoms with Gasteiger partial charge in [0.25, 0.3) is 5.56 Å². The summed E-state index contributed by atoms with van der Waals surface area (Å²) in [5, 5.41) is 8.25. The summed E-state index contributed by atoms with van der Waals surface area (Å²) in [7, 11) is 0. The lowest BCUT2D eigenvalue weighted by molar-refractivity contribution is 0.686. The van der Waals surface area contributed by atoms with E-state index in [0.717, 1.165) is 0 Å². The van der Waals surface area contributed by atoms with Crippen molar-refractivity contribution in [3.8, 4) is 6.07 Å². The van der Waals surface area contributed by atoms with E-state index in [1.165, 1.54) is 10.6 Å². The largest absolute Gasteiger partial charge is 0.315 e. The van der Waals surface area contributed by atoms with E-state index in [4.69, 9.17) is 5.26 Å². The number of aryl methyl sites for hydroxylation is 1. The SMILES string of the molecule is N#CCCn1ccccc1=O. The fourth-order valence-electron chi connectivity index (χ4n) is 0.816. The normalized spacial score (nSPS) is 9.00. The van der Waals surface area contributed by atoms with Gasteiger partial charge in [-0.1, -0.05) is 6.07 Å². The number of pyridine rings is 1. The van der Waals surface area contributed by atoms with Crippen molar-refractivity contribution < 1.29 is 0 Å². The van der Waals surface area contributed by atoms with Crippen molar-refractivity contribution in [1.82, 2.24) is 4.57 Å². The Hall–Kier alpha value is -1.56. The Labute approximate surface area is 64.5 Å². The zero-order valence-corrected chi connectivity index (χ0v) is 6.03. The molecule has 0 aliphatic carbocycles. The van der Waals surface area contributed by atoms with Crippen molar-refractivity contribution in [3.05, 3.63) is 34.7 Å². The maximum absolute atomic E-state index is 11.0. The Kier molecular flexibility index (Phi) is 2.45. The van der Waals surface area contributed by atoms with E-state index in [9.17, 15) is 4.79 Å². The predicted molar refractivity (Wildman–Crippen MR) is 40.9 cm³/mol. The molecule has 0 saturated carbocycles. The molecule has 0 aliphatic rings. The molecule has 3 heteroatoms. The van der Waals surface area contributed by atoms with Crippen molar-refractivity contribution in [1.29, 1.82) is 5.26 Å². The summed E-state index contributed by atoms with van der Waals surface area (Å²) >= 11 is 0. The molecule has 0 atom stereocenters. The fourth-order valence-corrected chi connectivity index (χ4v) is 0.816. The average Bonchev–Trinajstić information content (AvgIpc) is 2.03. The molecule has 1 heterocycles. The minimum Gasteiger partial charge on any atom is -0.315 e. The van der Waals surface area contributed by atoms with E-state index in [1.807, 2.05) is 6.07 Å². The summed E-state index contributed by atoms with van der Waals surface area (Å²) in [4.78, 5) is 11.0. The summed E-state index contributed by atoms with van der Waals surface area (Å²) in [5.74, 6) is 0. The first-order valence-electron chi connectivity index (χ1n) is 3.37. The predicted octanol–water partition coefficient (Wildman–Crippen LogP) is 0.762. The highest BCUT2D eigenvalue weighted by molar-refractivity contribution is 4.93. The number of hydrogen-bond acceptors (Lipinski definition) is 2. The first kappa shape index (κ1) is 7.55. The van der Waals surface area contributed by atoms with E-state index in [-0.39, 0.29) is 5.56 Å². The second-order valence-electron chi connectivity index (χ2n) is 2.14. The van der Waals surface area contributed by atoms with Crippen molar-refractivity contribution in [2.24, 2.45) is 0 Å². The highest BCUT2D eigenvalue weighted by Gasteiger charge is 1.90. The van der Waals surface area contributed by atoms with Crippen LogP contribution in [-0.4, -0.2) is 4.57 Å². The van der Waals surface area contributed by atoms with Crippen molar-refractivity contribution in [2.45, 2.75) is 13.0 Å². The van der Waals surface area contributed by atoms with Gasteiger partial charge in [-0.3, -0.25) is 4.79 Å². The Morgan fingerprint density at radius 1 is 1.55 bits per heavy atom. The Balaban J connectivity index is 2.80. The summed E-state index contributed by atoms with van der Waals surface area (Å²) < 4.78 is 1.52. The minimum absolute atomic E-state index is 0.0530. The summed E-state index contributed by atoms with van der Waals surface area (Å²) in [6.45, 7) is 0.482. The summed E-state index contributed by atoms with van der Waals surface area (Å²) in [5.41, 5.74) is -0.0530. The van der Waals surface area contributed by atoms with E-state index in [0.29, 0.717) is 13.0 Å². The first-order valence-corrected chi connectivity index (χ1v) is 3.37. The molecule has 1 aromatic heterocycles. The standard InChI is InChI=1S/C8H8N2O/c9-5-3-7-10-6-2-1-4-8(10)11/h1-2,4,6H,3,7H2. The third-order valence-electron chi connectivity index (χ3n) is 1.36. The maximum Gasteiger partial charge on any atom is 0.250 e. The van der Waals surface area contributed by atoms with Gasteiger partial charge in [-0.25, -0.2) is 0 Å². The molecule has 0 fully saturated rings. The molecule has 0 unspecified atom stereocenters. The molecular formula is C8H8N2O. The third kappa shape index (κ3) is 1.94. The lowest BCUT2D eigenvalue weighted by Gasteiger charge is -1.98. The molecule has 1 aromatic rings. The van der Waals surface area contributed by atoms with Gasteiger partial charge in [-0.05, 0) is 6.07 Å². The zero-order chi connectivity index (χ0) is 8.10. The highest BCUT2D eigenvalue weighted by atomic mass is 16.1. The van der Waals surface area contributed by atoms with Gasteiger partial charge in [-0.2, -0.15) is 5.26 Å². The molecule has 0 aliphatic heterocycles. The lowest BCUT2D eigenvalue weighted by atomic mass is 10.4. The van der Waals surface area contributed by atoms with Gasteiger partial charge < -0.3 is 4.57 Å². The van der Waals surface area contributed by atoms with Crippen LogP contribution in [0, 0.1) is 11.3 Å². The van der Waals surface area contributed by atoms with Crippen molar-refractivity contribution >= 4 is 0 Å². The molecule has 0 N–H and O–H groups in total. The van der Waals surface area contributed by atoms with Crippen LogP contribution in [0.4, 0.5) is 0 Å². The number of rotatable bonds is 2. The number of aromatic nitrogens is 1. The van der Waals surface area contributed by atoms with E-state index in [1.54, 1.807) is 18.3 Å². The van der Waals surface area contributed by atoms with Crippen LogP contribution in [0.5, 0.6) is 0 Å². The van der Waals surface area contributed by atoms with Gasteiger partial charge in [0.2, 0.25) is 0 Å². The molecule has 0 bridgehead atoms. The number of hydrogen-bond donors (Lipinski definition) is 0. The van der Waals surface area contributed by atoms with Crippen molar-refractivity contribution in [2.75, 3.05) is 0 Å². The Morgan fingerprint density at radius 2 is 2.36 bits per heavy atom. The molecule has 1 rings (SSSR count). The second-order valence-corrected chi connectivity index (χ2v) is 2.14. The van der Waals surface area contributed by atoms with Crippen LogP contribution in [0.2, 0.25) is 0 Å². The number of nitrogens with zero attached hydrogens (tertiary/aromatic N) is 2. The van der Waals surface area contributed by atoms with Crippen LogP contribution >= 0.6 is 0 Å². The van der Waals surface area contributed by atoms with Gasteiger partial charge in [0, 0.05) is 18.8 Å². The quantitative estimate of drug-likeness (QED) is 0.621. The molecule has 11 heavy (non-hydrogen) atoms. The van der Waals surface area contributed by atoms with Crippen LogP contribution in [0.25, 0.3) is 0 Å². The minimum atomic E-state index is -0.0530. The molecule has 0 spiro atoms. The number of nitriles is 1. The smallest absolute Gasteiger partial charge is 0.250 e. The van der Waals surface area contributed by atoms with E-state index >= 15 is 0 Å². The molecule has 0 radical (unpaired) electrons. The fraction of sp³-hybridized carbons (Fsp3) is 0.250. The Morgan fingerprint density at radius 3 is 3.00 bits per heavy atom. The molecule has 56 valence electrons. The van der Waals surface area contributed by atoms with Crippen LogP contribution in [0.3, 0.4) is 0 Å². The summed E-state index contributed by atoms with van der Waals surface area (Å²) in [6.07, 6.45) is 2.06. The van der Waals surface area contributed by atoms with Crippen LogP contribution in [-0.2, 0) is 6.54 Å². The highest BCUT2D eigenvalue weighted by Crippen LogP contribution is 1.84. The van der Waals surface area contributed by atoms with Crippen molar-refractivity contribution in [3.63, 3.8) is 0 Å². The molecule has 3 nitrogen and oxygen atoms in total. The third-order valence-corrected chi connectivity index (χ3v) is 1.36. The van der Waals surface area contributed by atoms with Gasteiger partial charge in [0.15, 0.2) is 0 Å². The molecule has 0 saturated heterocycles. The van der Waals surface area contributed by atoms with Gasteiger partial charge >= 0.3 is 0 Å². The van der Waals surface area contributed by atoms with Crippen LogP contribution in [0.1, 0.15) is 6.42 Å². The van der Waals surface area contributed by atoms with E-state index < -0.39 is 0 Å². The maximum atomic E-state index is 11.0. The molecule has 0 amide bonds. The van der Waals surface area contributed by atoms with Crippen LogP contribution in [0.15, 0.2) is 29.2 Å². The Bertz CT molecular complexity index is 321. The molecular weight excluding hydrogens is 140 g/mol. The van der Waals surface area contributed by atoms with Gasteiger partial charge in [0.1, 0.15) is 0 Å². The second kappa shape index (κ2) is 3.57. The molecule has 0 aromatic carbocycles. The zero-order valence-electron chi connectivity index (χ0n) is 6.03. The lowest BCUT2D eigenvalue weighted by Crippen LogP contribution is -2.17. The van der Waals surface area contributed by atoms with Crippen LogP contribution < -0.4 is 5.56 Å².